The molecule has 0 aromatic heterocycles. The molecule has 0 aromatic carbocycles. The molecule has 1 heterocycles. The topological polar surface area (TPSA) is 49.8 Å². The van der Waals surface area contributed by atoms with Gasteiger partial charge in [0.1, 0.15) is 0 Å². The van der Waals surface area contributed by atoms with Gasteiger partial charge in [-0.15, -0.1) is 0 Å². The van der Waals surface area contributed by atoms with Gasteiger partial charge in [0, 0.05) is 12.6 Å². The van der Waals surface area contributed by atoms with E-state index in [-0.39, 0.29) is 51.3 Å². The van der Waals surface area contributed by atoms with Crippen LogP contribution in [0.25, 0.3) is 0 Å². The predicted molar refractivity (Wildman–Crippen MR) is 60.3 cm³/mol. The minimum absolute atomic E-state index is 0.00405. The highest BCUT2D eigenvalue weighted by atomic mass is 19.4. The molecule has 2 fully saturated rings. The summed E-state index contributed by atoms with van der Waals surface area (Å²) < 4.78 is 44.3. The highest BCUT2D eigenvalue weighted by Gasteiger charge is 2.50. The highest BCUT2D eigenvalue weighted by Crippen LogP contribution is 2.40. The van der Waals surface area contributed by atoms with E-state index in [1.807, 2.05) is 0 Å². The first-order chi connectivity index (χ1) is 8.89. The Kier molecular flexibility index (Phi) is 4.35. The van der Waals surface area contributed by atoms with Crippen LogP contribution in [0.3, 0.4) is 0 Å². The first kappa shape index (κ1) is 14.6. The molecule has 1 N–H and O–H groups in total. The zero-order valence-electron chi connectivity index (χ0n) is 10.5. The van der Waals surface area contributed by atoms with E-state index < -0.39 is 24.2 Å². The lowest BCUT2D eigenvalue weighted by Gasteiger charge is -2.41. The van der Waals surface area contributed by atoms with Crippen LogP contribution in [0.2, 0.25) is 0 Å². The Hall–Kier alpha value is -0.820. The standard InChI is InChI=1S/C12H18F3NO3/c13-12(14,15)9-2-1-8(17)7-10(9)16-4-6-19-5-3-11(16)18/h8-10,17H,1-7H2. The second-order valence-electron chi connectivity index (χ2n) is 5.13. The number of aliphatic hydroxyl groups excluding tert-OH is 1. The Balaban J connectivity index is 2.18. The molecular formula is C12H18F3NO3. The van der Waals surface area contributed by atoms with Crippen LogP contribution in [-0.2, 0) is 9.53 Å². The van der Waals surface area contributed by atoms with E-state index in [4.69, 9.17) is 4.74 Å². The molecule has 2 rings (SSSR count). The molecule has 1 aliphatic heterocycles. The second-order valence-corrected chi connectivity index (χ2v) is 5.13. The van der Waals surface area contributed by atoms with Gasteiger partial charge in [0.15, 0.2) is 0 Å². The fourth-order valence-corrected chi connectivity index (χ4v) is 2.89. The van der Waals surface area contributed by atoms with Crippen molar-refractivity contribution in [1.29, 1.82) is 0 Å². The third kappa shape index (κ3) is 3.39. The quantitative estimate of drug-likeness (QED) is 0.789. The SMILES string of the molecule is O=C1CCOCCN1C1CC(O)CCC1C(F)(F)F. The van der Waals surface area contributed by atoms with Gasteiger partial charge in [0.25, 0.3) is 0 Å². The zero-order chi connectivity index (χ0) is 14.0. The highest BCUT2D eigenvalue weighted by molar-refractivity contribution is 5.77. The van der Waals surface area contributed by atoms with Crippen LogP contribution in [-0.4, -0.2) is 54.0 Å². The van der Waals surface area contributed by atoms with Crippen molar-refractivity contribution in [3.63, 3.8) is 0 Å². The summed E-state index contributed by atoms with van der Waals surface area (Å²) in [4.78, 5) is 13.1. The second kappa shape index (κ2) is 5.66. The summed E-state index contributed by atoms with van der Waals surface area (Å²) >= 11 is 0. The lowest BCUT2D eigenvalue weighted by molar-refractivity contribution is -0.205. The summed E-state index contributed by atoms with van der Waals surface area (Å²) in [5, 5.41) is 9.61. The van der Waals surface area contributed by atoms with Crippen molar-refractivity contribution < 1.29 is 27.8 Å². The van der Waals surface area contributed by atoms with Crippen LogP contribution in [0.5, 0.6) is 0 Å². The lowest BCUT2D eigenvalue weighted by Crippen LogP contribution is -2.53. The van der Waals surface area contributed by atoms with Crippen molar-refractivity contribution in [2.75, 3.05) is 19.8 Å². The fourth-order valence-electron chi connectivity index (χ4n) is 2.89. The normalized spacial score (nSPS) is 34.2. The molecular weight excluding hydrogens is 263 g/mol. The molecule has 1 amide bonds. The molecule has 0 aromatic rings. The third-order valence-corrected chi connectivity index (χ3v) is 3.87. The van der Waals surface area contributed by atoms with Gasteiger partial charge in [-0.3, -0.25) is 4.79 Å². The third-order valence-electron chi connectivity index (χ3n) is 3.87. The summed E-state index contributed by atoms with van der Waals surface area (Å²) in [5.41, 5.74) is 0. The molecule has 2 aliphatic rings. The molecule has 19 heavy (non-hydrogen) atoms. The van der Waals surface area contributed by atoms with Crippen molar-refractivity contribution in [3.05, 3.63) is 0 Å². The van der Waals surface area contributed by atoms with Crippen molar-refractivity contribution >= 4 is 5.91 Å². The molecule has 0 bridgehead atoms. The van der Waals surface area contributed by atoms with Crippen molar-refractivity contribution in [2.24, 2.45) is 5.92 Å². The monoisotopic (exact) mass is 281 g/mol. The molecule has 3 unspecified atom stereocenters. The van der Waals surface area contributed by atoms with Gasteiger partial charge in [-0.1, -0.05) is 0 Å². The van der Waals surface area contributed by atoms with Crippen molar-refractivity contribution in [3.8, 4) is 0 Å². The first-order valence-corrected chi connectivity index (χ1v) is 6.51. The number of amides is 1. The molecule has 1 aliphatic carbocycles. The number of hydrogen-bond donors (Lipinski definition) is 1. The van der Waals surface area contributed by atoms with Crippen LogP contribution in [0.4, 0.5) is 13.2 Å². The summed E-state index contributed by atoms with van der Waals surface area (Å²) in [6.45, 7) is 0.674. The Morgan fingerprint density at radius 1 is 1.26 bits per heavy atom. The molecule has 4 nitrogen and oxygen atoms in total. The number of carbonyl (C=O) groups is 1. The van der Waals surface area contributed by atoms with E-state index in [1.54, 1.807) is 0 Å². The Morgan fingerprint density at radius 3 is 2.68 bits per heavy atom. The number of carbonyl (C=O) groups excluding carboxylic acids is 1. The molecule has 110 valence electrons. The summed E-state index contributed by atoms with van der Waals surface area (Å²) in [5.74, 6) is -1.86. The van der Waals surface area contributed by atoms with Gasteiger partial charge in [0.05, 0.1) is 31.7 Å². The van der Waals surface area contributed by atoms with Crippen LogP contribution in [0.1, 0.15) is 25.7 Å². The average Bonchev–Trinajstić information content (AvgIpc) is 2.52. The van der Waals surface area contributed by atoms with Gasteiger partial charge in [-0.25, -0.2) is 0 Å². The van der Waals surface area contributed by atoms with Crippen LogP contribution < -0.4 is 0 Å². The van der Waals surface area contributed by atoms with Gasteiger partial charge < -0.3 is 14.7 Å². The smallest absolute Gasteiger partial charge is 0.393 e. The van der Waals surface area contributed by atoms with E-state index in [9.17, 15) is 23.1 Å². The number of alkyl halides is 3. The number of rotatable bonds is 1. The largest absolute Gasteiger partial charge is 0.393 e. The maximum atomic E-state index is 13.1. The number of hydrogen-bond acceptors (Lipinski definition) is 3. The van der Waals surface area contributed by atoms with Crippen molar-refractivity contribution in [2.45, 2.75) is 44.0 Å². The Labute approximate surface area is 109 Å². The maximum Gasteiger partial charge on any atom is 0.393 e. The van der Waals surface area contributed by atoms with Gasteiger partial charge in [-0.05, 0) is 19.3 Å². The number of ether oxygens (including phenoxy) is 1. The number of nitrogens with zero attached hydrogens (tertiary/aromatic N) is 1. The number of halogens is 3. The maximum absolute atomic E-state index is 13.1. The minimum Gasteiger partial charge on any atom is -0.393 e. The molecule has 1 saturated carbocycles. The van der Waals surface area contributed by atoms with E-state index in [0.717, 1.165) is 0 Å². The zero-order valence-corrected chi connectivity index (χ0v) is 10.5. The van der Waals surface area contributed by atoms with Crippen LogP contribution in [0.15, 0.2) is 0 Å². The molecule has 3 atom stereocenters. The van der Waals surface area contributed by atoms with Crippen LogP contribution >= 0.6 is 0 Å². The Bertz CT molecular complexity index is 335. The van der Waals surface area contributed by atoms with E-state index in [1.165, 1.54) is 4.90 Å². The molecule has 7 heteroatoms. The van der Waals surface area contributed by atoms with Gasteiger partial charge in [-0.2, -0.15) is 13.2 Å². The van der Waals surface area contributed by atoms with E-state index in [0.29, 0.717) is 0 Å². The van der Waals surface area contributed by atoms with E-state index >= 15 is 0 Å². The number of aliphatic hydroxyl groups is 1. The van der Waals surface area contributed by atoms with Crippen molar-refractivity contribution in [1.82, 2.24) is 4.90 Å². The molecule has 0 radical (unpaired) electrons. The lowest BCUT2D eigenvalue weighted by atomic mass is 9.81. The average molecular weight is 281 g/mol. The minimum atomic E-state index is -4.34. The van der Waals surface area contributed by atoms with E-state index in [2.05, 4.69) is 0 Å². The fraction of sp³-hybridized carbons (Fsp3) is 0.917. The summed E-state index contributed by atoms with van der Waals surface area (Å²) in [6.07, 6.45) is -4.98. The molecule has 1 saturated heterocycles. The van der Waals surface area contributed by atoms with Crippen LogP contribution in [0, 0.1) is 5.92 Å². The van der Waals surface area contributed by atoms with Gasteiger partial charge >= 0.3 is 6.18 Å². The molecule has 0 spiro atoms. The van der Waals surface area contributed by atoms with Gasteiger partial charge in [0.2, 0.25) is 5.91 Å². The first-order valence-electron chi connectivity index (χ1n) is 6.51. The summed E-state index contributed by atoms with van der Waals surface area (Å²) in [6, 6.07) is -0.960. The predicted octanol–water partition coefficient (Wildman–Crippen LogP) is 1.33. The Morgan fingerprint density at radius 2 is 2.00 bits per heavy atom. The summed E-state index contributed by atoms with van der Waals surface area (Å²) in [7, 11) is 0.